The zero-order chi connectivity index (χ0) is 26.9. The second kappa shape index (κ2) is 13.3. The zero-order valence-electron chi connectivity index (χ0n) is 21.7. The van der Waals surface area contributed by atoms with Crippen LogP contribution in [0.15, 0.2) is 47.4 Å². The highest BCUT2D eigenvalue weighted by molar-refractivity contribution is 8.18. The molecule has 2 aliphatic rings. The Morgan fingerprint density at radius 2 is 1.87 bits per heavy atom. The number of hydrogen-bond donors (Lipinski definition) is 1. The van der Waals surface area contributed by atoms with Gasteiger partial charge in [-0.25, -0.2) is 0 Å². The van der Waals surface area contributed by atoms with Gasteiger partial charge in [0.25, 0.3) is 11.1 Å². The number of benzene rings is 2. The number of morpholine rings is 1. The first kappa shape index (κ1) is 27.5. The Hall–Kier alpha value is -3.50. The van der Waals surface area contributed by atoms with Gasteiger partial charge in [-0.1, -0.05) is 31.5 Å². The van der Waals surface area contributed by atoms with Gasteiger partial charge >= 0.3 is 0 Å². The van der Waals surface area contributed by atoms with Crippen molar-refractivity contribution in [2.75, 3.05) is 56.3 Å². The van der Waals surface area contributed by atoms with E-state index >= 15 is 0 Å². The summed E-state index contributed by atoms with van der Waals surface area (Å²) >= 11 is 0.815. The molecule has 0 radical (unpaired) electrons. The van der Waals surface area contributed by atoms with Crippen molar-refractivity contribution in [3.8, 4) is 11.5 Å². The Balaban J connectivity index is 1.43. The monoisotopic (exact) mass is 539 g/mol. The number of carbonyl (C=O) groups is 3. The van der Waals surface area contributed by atoms with E-state index in [4.69, 9.17) is 14.2 Å². The maximum Gasteiger partial charge on any atom is 0.294 e. The van der Waals surface area contributed by atoms with Gasteiger partial charge in [-0.15, -0.1) is 0 Å². The molecule has 2 heterocycles. The second-order valence-electron chi connectivity index (χ2n) is 8.77. The fourth-order valence-corrected chi connectivity index (χ4v) is 4.95. The zero-order valence-corrected chi connectivity index (χ0v) is 22.6. The van der Waals surface area contributed by atoms with E-state index in [1.54, 1.807) is 18.2 Å². The highest BCUT2D eigenvalue weighted by Gasteiger charge is 2.36. The molecule has 1 N–H and O–H groups in total. The fraction of sp³-hybridized carbons (Fsp3) is 0.393. The number of para-hydroxylation sites is 2. The highest BCUT2D eigenvalue weighted by Crippen LogP contribution is 2.35. The van der Waals surface area contributed by atoms with Crippen molar-refractivity contribution in [1.29, 1.82) is 0 Å². The van der Waals surface area contributed by atoms with E-state index < -0.39 is 17.1 Å². The summed E-state index contributed by atoms with van der Waals surface area (Å²) in [5, 5.41) is 2.38. The number of rotatable bonds is 11. The van der Waals surface area contributed by atoms with Gasteiger partial charge in [0.15, 0.2) is 11.5 Å². The predicted molar refractivity (Wildman–Crippen MR) is 149 cm³/mol. The van der Waals surface area contributed by atoms with Crippen LogP contribution in [0.4, 0.5) is 16.2 Å². The number of nitrogens with zero attached hydrogens (tertiary/aromatic N) is 2. The minimum Gasteiger partial charge on any atom is -0.490 e. The summed E-state index contributed by atoms with van der Waals surface area (Å²) in [6, 6.07) is 12.9. The smallest absolute Gasteiger partial charge is 0.294 e. The fourth-order valence-electron chi connectivity index (χ4n) is 4.11. The van der Waals surface area contributed by atoms with Gasteiger partial charge in [-0.3, -0.25) is 19.3 Å². The summed E-state index contributed by atoms with van der Waals surface area (Å²) in [5.74, 6) is 0.272. The van der Waals surface area contributed by atoms with Crippen LogP contribution in [-0.2, 0) is 14.3 Å². The van der Waals surface area contributed by atoms with E-state index in [0.717, 1.165) is 48.3 Å². The lowest BCUT2D eigenvalue weighted by Gasteiger charge is -2.30. The summed E-state index contributed by atoms with van der Waals surface area (Å²) in [6.07, 6.45) is 3.60. The molecule has 0 bridgehead atoms. The molecule has 4 rings (SSSR count). The molecule has 0 aliphatic carbocycles. The Kier molecular flexibility index (Phi) is 9.67. The SMILES string of the molecule is CCCCOc1ccc(/C=C2\SC(=O)N(CC(=O)Nc3ccccc3N3CCOCC3)C2=O)cc1OCC. The summed E-state index contributed by atoms with van der Waals surface area (Å²) < 4.78 is 17.0. The molecule has 3 amide bonds. The molecule has 2 aromatic carbocycles. The molecule has 0 atom stereocenters. The van der Waals surface area contributed by atoms with E-state index in [2.05, 4.69) is 17.1 Å². The third-order valence-corrected chi connectivity index (χ3v) is 6.93. The summed E-state index contributed by atoms with van der Waals surface area (Å²) in [4.78, 5) is 41.9. The third-order valence-electron chi connectivity index (χ3n) is 6.03. The number of imide groups is 1. The van der Waals surface area contributed by atoms with Gasteiger partial charge in [0, 0.05) is 13.1 Å². The van der Waals surface area contributed by atoms with Crippen LogP contribution in [-0.4, -0.2) is 68.0 Å². The first-order valence-electron chi connectivity index (χ1n) is 12.9. The van der Waals surface area contributed by atoms with Crippen LogP contribution in [0.25, 0.3) is 6.08 Å². The van der Waals surface area contributed by atoms with Gasteiger partial charge in [0.2, 0.25) is 5.91 Å². The minimum atomic E-state index is -0.502. The van der Waals surface area contributed by atoms with Crippen molar-refractivity contribution in [1.82, 2.24) is 4.90 Å². The molecule has 2 fully saturated rings. The van der Waals surface area contributed by atoms with Crippen molar-refractivity contribution in [2.24, 2.45) is 0 Å². The number of amides is 3. The van der Waals surface area contributed by atoms with E-state index in [0.29, 0.717) is 49.2 Å². The molecule has 202 valence electrons. The molecule has 10 heteroatoms. The van der Waals surface area contributed by atoms with Gasteiger partial charge in [0.05, 0.1) is 42.7 Å². The van der Waals surface area contributed by atoms with Gasteiger partial charge < -0.3 is 24.4 Å². The summed E-state index contributed by atoms with van der Waals surface area (Å²) in [5.41, 5.74) is 2.21. The number of anilines is 2. The minimum absolute atomic E-state index is 0.249. The molecule has 2 aromatic rings. The van der Waals surface area contributed by atoms with Crippen molar-refractivity contribution >= 4 is 46.3 Å². The van der Waals surface area contributed by atoms with Crippen molar-refractivity contribution < 1.29 is 28.6 Å². The van der Waals surface area contributed by atoms with E-state index in [1.807, 2.05) is 37.3 Å². The van der Waals surface area contributed by atoms with E-state index in [1.165, 1.54) is 0 Å². The van der Waals surface area contributed by atoms with Crippen LogP contribution >= 0.6 is 11.8 Å². The number of unbranched alkanes of at least 4 members (excludes halogenated alkanes) is 1. The number of hydrogen-bond acceptors (Lipinski definition) is 8. The van der Waals surface area contributed by atoms with Crippen molar-refractivity contribution in [3.05, 3.63) is 52.9 Å². The lowest BCUT2D eigenvalue weighted by molar-refractivity contribution is -0.127. The van der Waals surface area contributed by atoms with Crippen LogP contribution in [0.5, 0.6) is 11.5 Å². The average molecular weight is 540 g/mol. The first-order chi connectivity index (χ1) is 18.5. The molecule has 0 spiro atoms. The van der Waals surface area contributed by atoms with Gasteiger partial charge in [-0.2, -0.15) is 0 Å². The maximum absolute atomic E-state index is 13.0. The highest BCUT2D eigenvalue weighted by atomic mass is 32.2. The molecular weight excluding hydrogens is 506 g/mol. The Labute approximate surface area is 227 Å². The van der Waals surface area contributed by atoms with Crippen LogP contribution < -0.4 is 19.7 Å². The third kappa shape index (κ3) is 6.87. The number of thioether (sulfide) groups is 1. The van der Waals surface area contributed by atoms with Crippen LogP contribution in [0.2, 0.25) is 0 Å². The molecule has 0 saturated carbocycles. The number of carbonyl (C=O) groups excluding carboxylic acids is 3. The summed E-state index contributed by atoms with van der Waals surface area (Å²) in [6.45, 7) is 7.35. The average Bonchev–Trinajstić information content (AvgIpc) is 3.18. The van der Waals surface area contributed by atoms with Crippen molar-refractivity contribution in [3.63, 3.8) is 0 Å². The molecule has 0 unspecified atom stereocenters. The molecule has 38 heavy (non-hydrogen) atoms. The van der Waals surface area contributed by atoms with E-state index in [-0.39, 0.29) is 11.4 Å². The van der Waals surface area contributed by atoms with Crippen LogP contribution in [0, 0.1) is 0 Å². The normalized spacial score (nSPS) is 16.7. The van der Waals surface area contributed by atoms with Crippen LogP contribution in [0.3, 0.4) is 0 Å². The Morgan fingerprint density at radius 3 is 2.63 bits per heavy atom. The Bertz CT molecular complexity index is 1190. The standard InChI is InChI=1S/C28H33N3O6S/c1-3-5-14-37-23-11-10-20(17-24(23)36-4-2)18-25-27(33)31(28(34)38-25)19-26(32)29-21-8-6-7-9-22(21)30-12-15-35-16-13-30/h6-11,17-18H,3-5,12-16,19H2,1-2H3,(H,29,32)/b25-18-. The lowest BCUT2D eigenvalue weighted by atomic mass is 10.2. The van der Waals surface area contributed by atoms with Gasteiger partial charge in [-0.05, 0) is 61.0 Å². The molecular formula is C28H33N3O6S. The topological polar surface area (TPSA) is 97.4 Å². The number of ether oxygens (including phenoxy) is 3. The number of nitrogens with one attached hydrogen (secondary N) is 1. The van der Waals surface area contributed by atoms with Crippen molar-refractivity contribution in [2.45, 2.75) is 26.7 Å². The Morgan fingerprint density at radius 1 is 1.08 bits per heavy atom. The van der Waals surface area contributed by atoms with Crippen LogP contribution in [0.1, 0.15) is 32.3 Å². The largest absolute Gasteiger partial charge is 0.490 e. The first-order valence-corrected chi connectivity index (χ1v) is 13.7. The quantitative estimate of drug-likeness (QED) is 0.322. The van der Waals surface area contributed by atoms with E-state index in [9.17, 15) is 14.4 Å². The molecule has 2 saturated heterocycles. The second-order valence-corrected chi connectivity index (χ2v) is 9.77. The maximum atomic E-state index is 13.0. The predicted octanol–water partition coefficient (Wildman–Crippen LogP) is 4.78. The van der Waals surface area contributed by atoms with Gasteiger partial charge in [0.1, 0.15) is 6.54 Å². The molecule has 9 nitrogen and oxygen atoms in total. The molecule has 2 aliphatic heterocycles. The molecule has 0 aromatic heterocycles. The lowest BCUT2D eigenvalue weighted by Crippen LogP contribution is -2.38. The summed E-state index contributed by atoms with van der Waals surface area (Å²) in [7, 11) is 0.